The van der Waals surface area contributed by atoms with Gasteiger partial charge in [0, 0.05) is 11.1 Å². The number of nitrogens with one attached hydrogen (secondary N) is 1. The van der Waals surface area contributed by atoms with Crippen LogP contribution in [0.1, 0.15) is 31.0 Å². The van der Waals surface area contributed by atoms with Crippen molar-refractivity contribution in [3.63, 3.8) is 0 Å². The summed E-state index contributed by atoms with van der Waals surface area (Å²) < 4.78 is 5.31. The highest BCUT2D eigenvalue weighted by Gasteiger charge is 2.11. The van der Waals surface area contributed by atoms with Gasteiger partial charge in [0.25, 0.3) is 0 Å². The minimum atomic E-state index is -0.0707. The van der Waals surface area contributed by atoms with Crippen molar-refractivity contribution in [1.29, 1.82) is 0 Å². The number of hydrogen-bond acceptors (Lipinski definition) is 4. The van der Waals surface area contributed by atoms with E-state index in [1.165, 1.54) is 16.9 Å². The van der Waals surface area contributed by atoms with E-state index in [-0.39, 0.29) is 12.3 Å². The van der Waals surface area contributed by atoms with E-state index in [1.807, 2.05) is 41.8 Å². The molecule has 0 aliphatic rings. The maximum Gasteiger partial charge on any atom is 0.230 e. The van der Waals surface area contributed by atoms with Crippen LogP contribution in [0.15, 0.2) is 52.5 Å². The second kappa shape index (κ2) is 6.79. The zero-order chi connectivity index (χ0) is 16.2. The van der Waals surface area contributed by atoms with Crippen molar-refractivity contribution in [2.45, 2.75) is 26.2 Å². The number of carbonyl (C=O) groups is 1. The number of thiazole rings is 1. The Morgan fingerprint density at radius 3 is 2.70 bits per heavy atom. The Kier molecular flexibility index (Phi) is 4.57. The summed E-state index contributed by atoms with van der Waals surface area (Å²) in [4.78, 5) is 16.6. The SMILES string of the molecule is CC(C)c1ccc(NC(=O)Cc2csc(-c3ccco3)n2)cc1. The molecule has 1 amide bonds. The molecule has 0 unspecified atom stereocenters. The third-order valence-corrected chi connectivity index (χ3v) is 4.39. The summed E-state index contributed by atoms with van der Waals surface area (Å²) in [5.41, 5.74) is 2.81. The molecule has 2 heterocycles. The molecule has 0 spiro atoms. The molecule has 4 nitrogen and oxygen atoms in total. The fourth-order valence-electron chi connectivity index (χ4n) is 2.22. The second-order valence-electron chi connectivity index (χ2n) is 5.62. The van der Waals surface area contributed by atoms with Crippen molar-refractivity contribution in [3.8, 4) is 10.8 Å². The van der Waals surface area contributed by atoms with Gasteiger partial charge in [0.05, 0.1) is 18.4 Å². The molecule has 118 valence electrons. The van der Waals surface area contributed by atoms with Crippen LogP contribution >= 0.6 is 11.3 Å². The van der Waals surface area contributed by atoms with Crippen molar-refractivity contribution >= 4 is 22.9 Å². The van der Waals surface area contributed by atoms with Gasteiger partial charge in [-0.05, 0) is 35.7 Å². The molecule has 0 bridgehead atoms. The predicted octanol–water partition coefficient (Wildman–Crippen LogP) is 4.71. The number of carbonyl (C=O) groups excluding carboxylic acids is 1. The second-order valence-corrected chi connectivity index (χ2v) is 6.48. The number of rotatable bonds is 5. The van der Waals surface area contributed by atoms with Crippen molar-refractivity contribution in [2.24, 2.45) is 0 Å². The Hall–Kier alpha value is -2.40. The average molecular weight is 326 g/mol. The molecule has 0 aliphatic heterocycles. The fourth-order valence-corrected chi connectivity index (χ4v) is 3.01. The first kappa shape index (κ1) is 15.5. The summed E-state index contributed by atoms with van der Waals surface area (Å²) in [5.74, 6) is 1.14. The van der Waals surface area contributed by atoms with E-state index in [2.05, 4.69) is 24.1 Å². The summed E-state index contributed by atoms with van der Waals surface area (Å²) >= 11 is 1.48. The van der Waals surface area contributed by atoms with Crippen LogP contribution in [-0.4, -0.2) is 10.9 Å². The van der Waals surface area contributed by atoms with E-state index < -0.39 is 0 Å². The summed E-state index contributed by atoms with van der Waals surface area (Å²) in [6.07, 6.45) is 1.87. The van der Waals surface area contributed by atoms with Gasteiger partial charge in [-0.2, -0.15) is 0 Å². The summed E-state index contributed by atoms with van der Waals surface area (Å²) in [5, 5.41) is 5.58. The van der Waals surface area contributed by atoms with Crippen LogP contribution in [0.5, 0.6) is 0 Å². The lowest BCUT2D eigenvalue weighted by Gasteiger charge is -2.08. The molecular formula is C18H18N2O2S. The van der Waals surface area contributed by atoms with Gasteiger partial charge in [-0.15, -0.1) is 11.3 Å². The maximum absolute atomic E-state index is 12.1. The van der Waals surface area contributed by atoms with Gasteiger partial charge < -0.3 is 9.73 Å². The average Bonchev–Trinajstić information content (AvgIpc) is 3.18. The normalized spacial score (nSPS) is 10.9. The molecule has 5 heteroatoms. The standard InChI is InChI=1S/C18H18N2O2S/c1-12(2)13-5-7-14(8-6-13)19-17(21)10-15-11-23-18(20-15)16-4-3-9-22-16/h3-9,11-12H,10H2,1-2H3,(H,19,21). The summed E-state index contributed by atoms with van der Waals surface area (Å²) in [6.45, 7) is 4.29. The number of hydrogen-bond donors (Lipinski definition) is 1. The smallest absolute Gasteiger partial charge is 0.230 e. The monoisotopic (exact) mass is 326 g/mol. The summed E-state index contributed by atoms with van der Waals surface area (Å²) in [7, 11) is 0. The molecule has 0 radical (unpaired) electrons. The molecule has 1 aromatic carbocycles. The van der Waals surface area contributed by atoms with E-state index in [0.717, 1.165) is 22.1 Å². The maximum atomic E-state index is 12.1. The number of benzene rings is 1. The Labute approximate surface area is 139 Å². The molecule has 0 aliphatic carbocycles. The van der Waals surface area contributed by atoms with E-state index >= 15 is 0 Å². The van der Waals surface area contributed by atoms with Gasteiger partial charge in [-0.3, -0.25) is 4.79 Å². The molecule has 0 atom stereocenters. The van der Waals surface area contributed by atoms with Crippen LogP contribution in [0.25, 0.3) is 10.8 Å². The van der Waals surface area contributed by atoms with E-state index in [9.17, 15) is 4.79 Å². The first-order chi connectivity index (χ1) is 11.1. The third-order valence-electron chi connectivity index (χ3n) is 3.49. The molecule has 3 aromatic rings. The highest BCUT2D eigenvalue weighted by molar-refractivity contribution is 7.13. The number of aromatic nitrogens is 1. The first-order valence-corrected chi connectivity index (χ1v) is 8.38. The van der Waals surface area contributed by atoms with Gasteiger partial charge in [0.15, 0.2) is 10.8 Å². The van der Waals surface area contributed by atoms with Crippen molar-refractivity contribution in [1.82, 2.24) is 4.98 Å². The highest BCUT2D eigenvalue weighted by Crippen LogP contribution is 2.24. The van der Waals surface area contributed by atoms with Crippen LogP contribution in [0.4, 0.5) is 5.69 Å². The topological polar surface area (TPSA) is 55.1 Å². The zero-order valence-electron chi connectivity index (χ0n) is 13.1. The van der Waals surface area contributed by atoms with Crippen molar-refractivity contribution < 1.29 is 9.21 Å². The van der Waals surface area contributed by atoms with Gasteiger partial charge in [0.1, 0.15) is 0 Å². The fraction of sp³-hybridized carbons (Fsp3) is 0.222. The van der Waals surface area contributed by atoms with Gasteiger partial charge in [-0.25, -0.2) is 4.98 Å². The van der Waals surface area contributed by atoms with Crippen LogP contribution < -0.4 is 5.32 Å². The molecule has 0 fully saturated rings. The van der Waals surface area contributed by atoms with E-state index in [0.29, 0.717) is 5.92 Å². The Bertz CT molecular complexity index is 774. The molecule has 3 rings (SSSR count). The molecular weight excluding hydrogens is 308 g/mol. The predicted molar refractivity (Wildman–Crippen MR) is 92.7 cm³/mol. The van der Waals surface area contributed by atoms with E-state index in [1.54, 1.807) is 6.26 Å². The molecule has 0 saturated heterocycles. The first-order valence-electron chi connectivity index (χ1n) is 7.50. The molecule has 0 saturated carbocycles. The quantitative estimate of drug-likeness (QED) is 0.739. The summed E-state index contributed by atoms with van der Waals surface area (Å²) in [6, 6.07) is 11.6. The van der Waals surface area contributed by atoms with Crippen LogP contribution in [0.3, 0.4) is 0 Å². The minimum absolute atomic E-state index is 0.0707. The number of anilines is 1. The number of nitrogens with zero attached hydrogens (tertiary/aromatic N) is 1. The Morgan fingerprint density at radius 2 is 2.04 bits per heavy atom. The van der Waals surface area contributed by atoms with Crippen LogP contribution in [0, 0.1) is 0 Å². The molecule has 1 N–H and O–H groups in total. The Morgan fingerprint density at radius 1 is 1.26 bits per heavy atom. The van der Waals surface area contributed by atoms with Gasteiger partial charge in [0.2, 0.25) is 5.91 Å². The largest absolute Gasteiger partial charge is 0.462 e. The van der Waals surface area contributed by atoms with Crippen LogP contribution in [0.2, 0.25) is 0 Å². The minimum Gasteiger partial charge on any atom is -0.462 e. The Balaban J connectivity index is 1.61. The molecule has 2 aromatic heterocycles. The lowest BCUT2D eigenvalue weighted by molar-refractivity contribution is -0.115. The highest BCUT2D eigenvalue weighted by atomic mass is 32.1. The van der Waals surface area contributed by atoms with E-state index in [4.69, 9.17) is 4.42 Å². The third kappa shape index (κ3) is 3.87. The van der Waals surface area contributed by atoms with Crippen molar-refractivity contribution in [2.75, 3.05) is 5.32 Å². The van der Waals surface area contributed by atoms with Gasteiger partial charge in [-0.1, -0.05) is 26.0 Å². The molecule has 23 heavy (non-hydrogen) atoms. The lowest BCUT2D eigenvalue weighted by atomic mass is 10.0. The zero-order valence-corrected chi connectivity index (χ0v) is 13.9. The van der Waals surface area contributed by atoms with Crippen molar-refractivity contribution in [3.05, 3.63) is 59.3 Å². The lowest BCUT2D eigenvalue weighted by Crippen LogP contribution is -2.14. The van der Waals surface area contributed by atoms with Crippen LogP contribution in [-0.2, 0) is 11.2 Å². The van der Waals surface area contributed by atoms with Gasteiger partial charge >= 0.3 is 0 Å². The number of furan rings is 1. The number of amides is 1.